The zero-order valence-corrected chi connectivity index (χ0v) is 7.96. The highest BCUT2D eigenvalue weighted by molar-refractivity contribution is 5.04. The minimum absolute atomic E-state index is 0.00926. The zero-order chi connectivity index (χ0) is 9.35. The van der Waals surface area contributed by atoms with Gasteiger partial charge < -0.3 is 0 Å². The molecule has 0 aromatic carbocycles. The summed E-state index contributed by atoms with van der Waals surface area (Å²) in [5.41, 5.74) is 0.494. The van der Waals surface area contributed by atoms with E-state index < -0.39 is 0 Å². The molecule has 0 N–H and O–H groups in total. The molecule has 0 radical (unpaired) electrons. The Morgan fingerprint density at radius 1 is 1.42 bits per heavy atom. The summed E-state index contributed by atoms with van der Waals surface area (Å²) in [6, 6.07) is 1.73. The van der Waals surface area contributed by atoms with E-state index in [-0.39, 0.29) is 11.1 Å². The van der Waals surface area contributed by atoms with Crippen molar-refractivity contribution in [2.24, 2.45) is 0 Å². The molecule has 1 aromatic heterocycles. The van der Waals surface area contributed by atoms with Crippen molar-refractivity contribution in [2.75, 3.05) is 0 Å². The van der Waals surface area contributed by atoms with Gasteiger partial charge in [0.05, 0.1) is 5.54 Å². The van der Waals surface area contributed by atoms with Crippen LogP contribution in [0.2, 0.25) is 0 Å². The molecule has 0 fully saturated rings. The number of hydrogen-bond acceptors (Lipinski definition) is 2. The maximum Gasteiger partial charge on any atom is 0.270 e. The van der Waals surface area contributed by atoms with Gasteiger partial charge in [-0.15, -0.1) is 0 Å². The smallest absolute Gasteiger partial charge is 0.267 e. The van der Waals surface area contributed by atoms with Gasteiger partial charge in [-0.1, -0.05) is 0 Å². The van der Waals surface area contributed by atoms with Crippen molar-refractivity contribution >= 4 is 0 Å². The lowest BCUT2D eigenvalue weighted by Gasteiger charge is -2.20. The first-order valence-electron chi connectivity index (χ1n) is 3.98. The van der Waals surface area contributed by atoms with Gasteiger partial charge in [0.15, 0.2) is 0 Å². The van der Waals surface area contributed by atoms with Gasteiger partial charge in [-0.2, -0.15) is 5.10 Å². The Hall–Kier alpha value is -1.12. The Bertz CT molecular complexity index is 333. The fourth-order valence-corrected chi connectivity index (χ4v) is 0.980. The van der Waals surface area contributed by atoms with Crippen molar-refractivity contribution in [2.45, 2.75) is 33.2 Å². The standard InChI is InChI=1S/C9H14N2O/c1-7-5-6-10-11(8(7)12)9(2,3)4/h5-6H,1-4H3. The van der Waals surface area contributed by atoms with Crippen LogP contribution in [0, 0.1) is 6.92 Å². The van der Waals surface area contributed by atoms with E-state index in [0.717, 1.165) is 5.56 Å². The van der Waals surface area contributed by atoms with Crippen LogP contribution in [0.1, 0.15) is 26.3 Å². The summed E-state index contributed by atoms with van der Waals surface area (Å²) in [7, 11) is 0. The van der Waals surface area contributed by atoms with E-state index in [9.17, 15) is 4.79 Å². The molecule has 0 unspecified atom stereocenters. The van der Waals surface area contributed by atoms with Gasteiger partial charge in [-0.25, -0.2) is 4.68 Å². The Kier molecular flexibility index (Phi) is 2.04. The summed E-state index contributed by atoms with van der Waals surface area (Å²) in [4.78, 5) is 11.5. The second-order valence-corrected chi connectivity index (χ2v) is 3.90. The number of aromatic nitrogens is 2. The van der Waals surface area contributed by atoms with Crippen molar-refractivity contribution in [3.63, 3.8) is 0 Å². The summed E-state index contributed by atoms with van der Waals surface area (Å²) in [6.45, 7) is 7.68. The molecule has 3 heteroatoms. The van der Waals surface area contributed by atoms with Crippen LogP contribution in [0.4, 0.5) is 0 Å². The van der Waals surface area contributed by atoms with Crippen molar-refractivity contribution in [1.29, 1.82) is 0 Å². The fourth-order valence-electron chi connectivity index (χ4n) is 0.980. The minimum Gasteiger partial charge on any atom is -0.267 e. The lowest BCUT2D eigenvalue weighted by molar-refractivity contribution is 0.336. The average molecular weight is 166 g/mol. The maximum absolute atomic E-state index is 11.5. The zero-order valence-electron chi connectivity index (χ0n) is 7.96. The molecule has 0 saturated heterocycles. The predicted octanol–water partition coefficient (Wildman–Crippen LogP) is 1.31. The monoisotopic (exact) mass is 166 g/mol. The highest BCUT2D eigenvalue weighted by Gasteiger charge is 2.15. The number of aryl methyl sites for hydroxylation is 1. The van der Waals surface area contributed by atoms with Crippen molar-refractivity contribution in [1.82, 2.24) is 9.78 Å². The molecule has 3 nitrogen and oxygen atoms in total. The first-order valence-corrected chi connectivity index (χ1v) is 3.98. The third kappa shape index (κ3) is 1.55. The topological polar surface area (TPSA) is 34.9 Å². The van der Waals surface area contributed by atoms with Gasteiger partial charge in [-0.3, -0.25) is 4.79 Å². The molecule has 1 rings (SSSR count). The van der Waals surface area contributed by atoms with Crippen LogP contribution in [0.25, 0.3) is 0 Å². The first kappa shape index (κ1) is 8.97. The molecule has 0 bridgehead atoms. The first-order chi connectivity index (χ1) is 5.43. The largest absolute Gasteiger partial charge is 0.270 e. The molecule has 1 aromatic rings. The van der Waals surface area contributed by atoms with E-state index in [0.29, 0.717) is 0 Å². The Labute approximate surface area is 72.0 Å². The molecule has 0 atom stereocenters. The van der Waals surface area contributed by atoms with Gasteiger partial charge in [-0.05, 0) is 33.8 Å². The Balaban J connectivity index is 3.37. The van der Waals surface area contributed by atoms with Crippen molar-refractivity contribution in [3.8, 4) is 0 Å². The SMILES string of the molecule is Cc1ccnn(C(C)(C)C)c1=O. The summed E-state index contributed by atoms with van der Waals surface area (Å²) in [6.07, 6.45) is 1.65. The van der Waals surface area contributed by atoms with Crippen LogP contribution in [-0.2, 0) is 5.54 Å². The quantitative estimate of drug-likeness (QED) is 0.582. The molecule has 12 heavy (non-hydrogen) atoms. The van der Waals surface area contributed by atoms with E-state index in [2.05, 4.69) is 5.10 Å². The van der Waals surface area contributed by atoms with Gasteiger partial charge >= 0.3 is 0 Å². The van der Waals surface area contributed by atoms with E-state index in [1.165, 1.54) is 4.68 Å². The molecule has 66 valence electrons. The van der Waals surface area contributed by atoms with Gasteiger partial charge in [0.2, 0.25) is 0 Å². The van der Waals surface area contributed by atoms with Crippen LogP contribution in [0.5, 0.6) is 0 Å². The molecule has 0 spiro atoms. The Morgan fingerprint density at radius 3 is 2.42 bits per heavy atom. The van der Waals surface area contributed by atoms with E-state index >= 15 is 0 Å². The second-order valence-electron chi connectivity index (χ2n) is 3.90. The normalized spacial score (nSPS) is 11.7. The molecular weight excluding hydrogens is 152 g/mol. The average Bonchev–Trinajstić information content (AvgIpc) is 1.92. The summed E-state index contributed by atoms with van der Waals surface area (Å²) < 4.78 is 1.50. The van der Waals surface area contributed by atoms with E-state index in [4.69, 9.17) is 0 Å². The van der Waals surface area contributed by atoms with Gasteiger partial charge in [0, 0.05) is 11.8 Å². The number of rotatable bonds is 0. The predicted molar refractivity (Wildman–Crippen MR) is 48.2 cm³/mol. The van der Waals surface area contributed by atoms with Crippen LogP contribution < -0.4 is 5.56 Å². The molecule has 0 saturated carbocycles. The summed E-state index contributed by atoms with van der Waals surface area (Å²) >= 11 is 0. The highest BCUT2D eigenvalue weighted by atomic mass is 16.1. The van der Waals surface area contributed by atoms with Crippen molar-refractivity contribution in [3.05, 3.63) is 28.2 Å². The van der Waals surface area contributed by atoms with E-state index in [1.54, 1.807) is 19.2 Å². The third-order valence-corrected chi connectivity index (χ3v) is 1.67. The molecule has 0 aliphatic carbocycles. The molecule has 0 aliphatic rings. The number of nitrogens with zero attached hydrogens (tertiary/aromatic N) is 2. The van der Waals surface area contributed by atoms with Crippen LogP contribution in [0.15, 0.2) is 17.1 Å². The maximum atomic E-state index is 11.5. The third-order valence-electron chi connectivity index (χ3n) is 1.67. The second kappa shape index (κ2) is 2.73. The molecular formula is C9H14N2O. The lowest BCUT2D eigenvalue weighted by Crippen LogP contribution is -2.36. The van der Waals surface area contributed by atoms with Crippen molar-refractivity contribution < 1.29 is 0 Å². The molecule has 1 heterocycles. The van der Waals surface area contributed by atoms with Crippen LogP contribution >= 0.6 is 0 Å². The highest BCUT2D eigenvalue weighted by Crippen LogP contribution is 2.07. The Morgan fingerprint density at radius 2 is 2.00 bits per heavy atom. The number of hydrogen-bond donors (Lipinski definition) is 0. The van der Waals surface area contributed by atoms with Crippen LogP contribution in [0.3, 0.4) is 0 Å². The van der Waals surface area contributed by atoms with E-state index in [1.807, 2.05) is 20.8 Å². The van der Waals surface area contributed by atoms with Crippen LogP contribution in [-0.4, -0.2) is 9.78 Å². The summed E-state index contributed by atoms with van der Waals surface area (Å²) in [5.74, 6) is 0. The minimum atomic E-state index is -0.233. The summed E-state index contributed by atoms with van der Waals surface area (Å²) in [5, 5.41) is 4.01. The van der Waals surface area contributed by atoms with Gasteiger partial charge in [0.25, 0.3) is 5.56 Å². The lowest BCUT2D eigenvalue weighted by atomic mass is 10.1. The molecule has 0 amide bonds. The molecule has 0 aliphatic heterocycles. The van der Waals surface area contributed by atoms with Gasteiger partial charge in [0.1, 0.15) is 0 Å². The fraction of sp³-hybridized carbons (Fsp3) is 0.556.